The fraction of sp³-hybridized carbons (Fsp3) is 0.375. The molecule has 1 atom stereocenters. The summed E-state index contributed by atoms with van der Waals surface area (Å²) in [7, 11) is 2.00. The minimum Gasteiger partial charge on any atom is -0.341 e. The normalized spacial score (nSPS) is 20.2. The molecule has 2 aromatic carbocycles. The molecular weight excluding hydrogens is 410 g/mol. The van der Waals surface area contributed by atoms with E-state index in [1.165, 1.54) is 5.56 Å². The first-order valence-electron chi connectivity index (χ1n) is 10.6. The van der Waals surface area contributed by atoms with E-state index >= 15 is 0 Å². The number of benzene rings is 2. The van der Waals surface area contributed by atoms with Gasteiger partial charge in [0.2, 0.25) is 5.91 Å². The van der Waals surface area contributed by atoms with Crippen molar-refractivity contribution in [2.45, 2.75) is 18.9 Å². The minimum absolute atomic E-state index is 0.0273. The minimum atomic E-state index is 0.0273. The quantitative estimate of drug-likeness (QED) is 0.617. The van der Waals surface area contributed by atoms with Gasteiger partial charge in [0.15, 0.2) is 0 Å². The fourth-order valence-corrected chi connectivity index (χ4v) is 5.35. The predicted octanol–water partition coefficient (Wildman–Crippen LogP) is 3.14. The van der Waals surface area contributed by atoms with Crippen molar-refractivity contribution in [1.82, 2.24) is 24.6 Å². The van der Waals surface area contributed by atoms with Gasteiger partial charge in [0, 0.05) is 56.1 Å². The van der Waals surface area contributed by atoms with E-state index in [1.807, 2.05) is 46.8 Å². The smallest absolute Gasteiger partial charge is 0.227 e. The first kappa shape index (κ1) is 20.2. The number of halogens is 1. The van der Waals surface area contributed by atoms with Gasteiger partial charge in [0.05, 0.1) is 6.42 Å². The van der Waals surface area contributed by atoms with Gasteiger partial charge in [-0.2, -0.15) is 0 Å². The number of aryl methyl sites for hydroxylation is 1. The Balaban J connectivity index is 1.31. The van der Waals surface area contributed by atoms with E-state index in [1.54, 1.807) is 6.33 Å². The summed E-state index contributed by atoms with van der Waals surface area (Å²) in [5.41, 5.74) is 2.30. The first-order valence-corrected chi connectivity index (χ1v) is 11.0. The lowest BCUT2D eigenvalue weighted by Gasteiger charge is -2.50. The van der Waals surface area contributed by atoms with E-state index in [0.717, 1.165) is 44.1 Å². The molecule has 0 bridgehead atoms. The van der Waals surface area contributed by atoms with Crippen LogP contribution in [0.2, 0.25) is 5.02 Å². The lowest BCUT2D eigenvalue weighted by Crippen LogP contribution is -2.62. The van der Waals surface area contributed by atoms with Crippen molar-refractivity contribution in [3.8, 4) is 0 Å². The third kappa shape index (κ3) is 3.98. The van der Waals surface area contributed by atoms with Crippen LogP contribution in [0.5, 0.6) is 0 Å². The van der Waals surface area contributed by atoms with E-state index in [0.29, 0.717) is 11.4 Å². The van der Waals surface area contributed by atoms with Crippen LogP contribution >= 0.6 is 11.6 Å². The van der Waals surface area contributed by atoms with Crippen LogP contribution in [-0.2, 0) is 24.8 Å². The van der Waals surface area contributed by atoms with Crippen molar-refractivity contribution < 1.29 is 4.79 Å². The molecule has 0 saturated carbocycles. The Morgan fingerprint density at radius 2 is 1.87 bits per heavy atom. The maximum absolute atomic E-state index is 12.9. The summed E-state index contributed by atoms with van der Waals surface area (Å²) in [5.74, 6) is 1.43. The van der Waals surface area contributed by atoms with Crippen LogP contribution in [0.4, 0.5) is 0 Å². The van der Waals surface area contributed by atoms with Crippen molar-refractivity contribution in [3.05, 3.63) is 82.9 Å². The van der Waals surface area contributed by atoms with Crippen LogP contribution < -0.4 is 0 Å². The molecule has 160 valence electrons. The second-order valence-corrected chi connectivity index (χ2v) is 9.36. The molecule has 1 spiro atoms. The Kier molecular flexibility index (Phi) is 5.28. The van der Waals surface area contributed by atoms with E-state index in [4.69, 9.17) is 11.6 Å². The topological polar surface area (TPSA) is 54.3 Å². The second kappa shape index (κ2) is 8.09. The van der Waals surface area contributed by atoms with Crippen molar-refractivity contribution in [2.24, 2.45) is 12.5 Å². The molecule has 1 aromatic heterocycles. The molecule has 31 heavy (non-hydrogen) atoms. The summed E-state index contributed by atoms with van der Waals surface area (Å²) in [4.78, 5) is 17.4. The summed E-state index contributed by atoms with van der Waals surface area (Å²) < 4.78 is 2.02. The highest BCUT2D eigenvalue weighted by Crippen LogP contribution is 2.49. The molecule has 3 aromatic rings. The number of carbonyl (C=O) groups excluding carboxylic acids is 1. The first-order chi connectivity index (χ1) is 15.0. The Bertz CT molecular complexity index is 1080. The number of nitrogens with zero attached hydrogens (tertiary/aromatic N) is 5. The Morgan fingerprint density at radius 3 is 2.58 bits per heavy atom. The van der Waals surface area contributed by atoms with Gasteiger partial charge in [-0.1, -0.05) is 54.1 Å². The van der Waals surface area contributed by atoms with E-state index in [2.05, 4.69) is 39.4 Å². The van der Waals surface area contributed by atoms with Gasteiger partial charge >= 0.3 is 0 Å². The third-order valence-electron chi connectivity index (χ3n) is 6.63. The zero-order chi connectivity index (χ0) is 21.4. The van der Waals surface area contributed by atoms with E-state index < -0.39 is 0 Å². The highest BCUT2D eigenvalue weighted by molar-refractivity contribution is 6.30. The second-order valence-electron chi connectivity index (χ2n) is 8.93. The molecule has 2 aliphatic rings. The van der Waals surface area contributed by atoms with Crippen molar-refractivity contribution in [3.63, 3.8) is 0 Å². The van der Waals surface area contributed by atoms with Gasteiger partial charge in [-0.25, -0.2) is 0 Å². The standard InChI is InChI=1S/C24H26ClN5O/c1-28-17-26-27-23(28)21-13-29(12-18-6-3-2-4-7-18)14-24(21)15-30(16-24)22(31)11-19-8-5-9-20(25)10-19/h2-10,17,21H,11-16H2,1H3. The Hall–Kier alpha value is -2.70. The molecule has 0 radical (unpaired) electrons. The molecule has 0 aliphatic carbocycles. The highest BCUT2D eigenvalue weighted by atomic mass is 35.5. The molecule has 1 amide bonds. The van der Waals surface area contributed by atoms with Gasteiger partial charge in [-0.05, 0) is 23.3 Å². The lowest BCUT2D eigenvalue weighted by atomic mass is 9.71. The van der Waals surface area contributed by atoms with E-state index in [9.17, 15) is 4.79 Å². The maximum Gasteiger partial charge on any atom is 0.227 e. The SMILES string of the molecule is Cn1cnnc1C1CN(Cc2ccccc2)CC12CN(C(=O)Cc1cccc(Cl)c1)C2. The zero-order valence-corrected chi connectivity index (χ0v) is 18.4. The summed E-state index contributed by atoms with van der Waals surface area (Å²) in [6, 6.07) is 18.1. The third-order valence-corrected chi connectivity index (χ3v) is 6.87. The number of carbonyl (C=O) groups is 1. The predicted molar refractivity (Wildman–Crippen MR) is 120 cm³/mol. The highest BCUT2D eigenvalue weighted by Gasteiger charge is 2.56. The lowest BCUT2D eigenvalue weighted by molar-refractivity contribution is -0.142. The van der Waals surface area contributed by atoms with Crippen LogP contribution in [0.1, 0.15) is 22.9 Å². The van der Waals surface area contributed by atoms with Crippen molar-refractivity contribution in [1.29, 1.82) is 0 Å². The number of likely N-dealkylation sites (tertiary alicyclic amines) is 2. The van der Waals surface area contributed by atoms with Crippen molar-refractivity contribution in [2.75, 3.05) is 26.2 Å². The fourth-order valence-electron chi connectivity index (χ4n) is 5.14. The van der Waals surface area contributed by atoms with Crippen LogP contribution in [0.15, 0.2) is 60.9 Å². The summed E-state index contributed by atoms with van der Waals surface area (Å²) in [6.45, 7) is 4.32. The number of hydrogen-bond acceptors (Lipinski definition) is 4. The summed E-state index contributed by atoms with van der Waals surface area (Å²) >= 11 is 6.08. The number of aromatic nitrogens is 3. The summed E-state index contributed by atoms with van der Waals surface area (Å²) in [5, 5.41) is 9.22. The molecule has 2 saturated heterocycles. The monoisotopic (exact) mass is 435 g/mol. The maximum atomic E-state index is 12.9. The molecule has 3 heterocycles. The number of rotatable bonds is 5. The van der Waals surface area contributed by atoms with Crippen molar-refractivity contribution >= 4 is 17.5 Å². The number of amides is 1. The number of hydrogen-bond donors (Lipinski definition) is 0. The molecule has 6 nitrogen and oxygen atoms in total. The molecule has 2 aliphatic heterocycles. The Morgan fingerprint density at radius 1 is 1.10 bits per heavy atom. The van der Waals surface area contributed by atoms with E-state index in [-0.39, 0.29) is 17.2 Å². The molecule has 0 N–H and O–H groups in total. The van der Waals surface area contributed by atoms with Crippen LogP contribution in [-0.4, -0.2) is 56.7 Å². The zero-order valence-electron chi connectivity index (χ0n) is 17.6. The van der Waals surface area contributed by atoms with Crippen LogP contribution in [0, 0.1) is 5.41 Å². The summed E-state index contributed by atoms with van der Waals surface area (Å²) in [6.07, 6.45) is 2.16. The average molecular weight is 436 g/mol. The van der Waals surface area contributed by atoms with Gasteiger partial charge in [-0.3, -0.25) is 9.69 Å². The van der Waals surface area contributed by atoms with Gasteiger partial charge < -0.3 is 9.47 Å². The molecule has 2 fully saturated rings. The van der Waals surface area contributed by atoms with Crippen LogP contribution in [0.25, 0.3) is 0 Å². The van der Waals surface area contributed by atoms with Crippen LogP contribution in [0.3, 0.4) is 0 Å². The largest absolute Gasteiger partial charge is 0.341 e. The van der Waals surface area contributed by atoms with Gasteiger partial charge in [-0.15, -0.1) is 10.2 Å². The van der Waals surface area contributed by atoms with Gasteiger partial charge in [0.25, 0.3) is 0 Å². The Labute approximate surface area is 187 Å². The molecule has 5 rings (SSSR count). The molecule has 7 heteroatoms. The average Bonchev–Trinajstić information content (AvgIpc) is 3.30. The van der Waals surface area contributed by atoms with Gasteiger partial charge in [0.1, 0.15) is 12.2 Å². The molecular formula is C24H26ClN5O. The molecule has 1 unspecified atom stereocenters.